The second kappa shape index (κ2) is 7.68. The summed E-state index contributed by atoms with van der Waals surface area (Å²) in [5, 5.41) is 2.50. The number of rotatable bonds is 5. The van der Waals surface area contributed by atoms with Crippen molar-refractivity contribution in [2.24, 2.45) is 0 Å². The Morgan fingerprint density at radius 1 is 1.39 bits per heavy atom. The van der Waals surface area contributed by atoms with Crippen molar-refractivity contribution in [3.05, 3.63) is 0 Å². The summed E-state index contributed by atoms with van der Waals surface area (Å²) in [6.45, 7) is 5.40. The lowest BCUT2D eigenvalue weighted by Gasteiger charge is -2.26. The van der Waals surface area contributed by atoms with E-state index in [9.17, 15) is 18.0 Å². The van der Waals surface area contributed by atoms with Gasteiger partial charge >= 0.3 is 6.09 Å². The third-order valence-electron chi connectivity index (χ3n) is 3.24. The molecule has 0 aromatic rings. The Bertz CT molecular complexity index is 586. The fourth-order valence-corrected chi connectivity index (χ4v) is 4.00. The van der Waals surface area contributed by atoms with Gasteiger partial charge in [0.25, 0.3) is 0 Å². The molecule has 1 atom stereocenters. The molecule has 0 bridgehead atoms. The molecule has 23 heavy (non-hydrogen) atoms. The van der Waals surface area contributed by atoms with Crippen LogP contribution in [0.15, 0.2) is 0 Å². The van der Waals surface area contributed by atoms with Gasteiger partial charge in [0.2, 0.25) is 5.91 Å². The number of hydrogen-bond donors (Lipinski definition) is 1. The van der Waals surface area contributed by atoms with Gasteiger partial charge in [0.05, 0.1) is 18.1 Å². The minimum absolute atomic E-state index is 0.0392. The summed E-state index contributed by atoms with van der Waals surface area (Å²) in [5.41, 5.74) is -0.609. The quantitative estimate of drug-likeness (QED) is 0.735. The van der Waals surface area contributed by atoms with Crippen LogP contribution in [0.5, 0.6) is 0 Å². The lowest BCUT2D eigenvalue weighted by molar-refractivity contribution is -0.132. The average Bonchev–Trinajstić information content (AvgIpc) is 2.73. The molecule has 1 N–H and O–H groups in total. The van der Waals surface area contributed by atoms with E-state index in [-0.39, 0.29) is 43.0 Å². The zero-order chi connectivity index (χ0) is 17.7. The lowest BCUT2D eigenvalue weighted by atomic mass is 10.2. The van der Waals surface area contributed by atoms with Crippen molar-refractivity contribution >= 4 is 21.8 Å². The molecule has 1 saturated heterocycles. The first kappa shape index (κ1) is 19.3. The summed E-state index contributed by atoms with van der Waals surface area (Å²) < 4.78 is 28.2. The van der Waals surface area contributed by atoms with Crippen molar-refractivity contribution in [3.63, 3.8) is 0 Å². The summed E-state index contributed by atoms with van der Waals surface area (Å²) in [4.78, 5) is 25.2. The zero-order valence-corrected chi connectivity index (χ0v) is 14.6. The number of carbonyl (C=O) groups excluding carboxylic acids is 2. The first-order valence-electron chi connectivity index (χ1n) is 7.44. The predicted molar refractivity (Wildman–Crippen MR) is 86.5 cm³/mol. The zero-order valence-electron chi connectivity index (χ0n) is 13.8. The van der Waals surface area contributed by atoms with Gasteiger partial charge in [-0.2, -0.15) is 0 Å². The second-order valence-electron chi connectivity index (χ2n) is 6.46. The first-order valence-corrected chi connectivity index (χ1v) is 9.26. The maximum Gasteiger partial charge on any atom is 0.407 e. The van der Waals surface area contributed by atoms with Crippen LogP contribution in [0.3, 0.4) is 0 Å². The van der Waals surface area contributed by atoms with Crippen LogP contribution in [-0.4, -0.2) is 61.6 Å². The molecule has 0 saturated carbocycles. The van der Waals surface area contributed by atoms with Gasteiger partial charge < -0.3 is 15.0 Å². The van der Waals surface area contributed by atoms with Crippen LogP contribution in [0.25, 0.3) is 0 Å². The van der Waals surface area contributed by atoms with Gasteiger partial charge in [0.15, 0.2) is 9.84 Å². The molecule has 1 rings (SSSR count). The molecule has 0 aliphatic carbocycles. The minimum Gasteiger partial charge on any atom is -0.444 e. The molecule has 7 nitrogen and oxygen atoms in total. The largest absolute Gasteiger partial charge is 0.444 e. The maximum absolute atomic E-state index is 12.2. The van der Waals surface area contributed by atoms with Crippen molar-refractivity contribution < 1.29 is 22.7 Å². The number of hydrogen-bond acceptors (Lipinski definition) is 5. The van der Waals surface area contributed by atoms with E-state index in [1.165, 1.54) is 4.90 Å². The molecule has 0 aromatic carbocycles. The molecule has 0 aromatic heterocycles. The highest BCUT2D eigenvalue weighted by molar-refractivity contribution is 7.91. The molecule has 130 valence electrons. The molecule has 1 heterocycles. The van der Waals surface area contributed by atoms with Crippen molar-refractivity contribution in [1.82, 2.24) is 10.2 Å². The van der Waals surface area contributed by atoms with E-state index in [0.717, 1.165) is 0 Å². The Labute approximate surface area is 137 Å². The van der Waals surface area contributed by atoms with Gasteiger partial charge in [-0.25, -0.2) is 13.2 Å². The van der Waals surface area contributed by atoms with Gasteiger partial charge in [-0.15, -0.1) is 6.42 Å². The first-order chi connectivity index (χ1) is 10.5. The smallest absolute Gasteiger partial charge is 0.407 e. The van der Waals surface area contributed by atoms with Gasteiger partial charge in [-0.05, 0) is 27.2 Å². The number of nitrogens with one attached hydrogen (secondary N) is 1. The van der Waals surface area contributed by atoms with Gasteiger partial charge in [0.1, 0.15) is 5.60 Å². The number of carbonyl (C=O) groups is 2. The van der Waals surface area contributed by atoms with Crippen LogP contribution in [0.1, 0.15) is 33.6 Å². The SMILES string of the molecule is C#CCN(C(=O)CCNC(=O)OC(C)(C)C)[C@H]1CCS(=O)(=O)C1. The number of nitrogens with zero attached hydrogens (tertiary/aromatic N) is 1. The Morgan fingerprint density at radius 3 is 2.52 bits per heavy atom. The van der Waals surface area contributed by atoms with Crippen LogP contribution in [0, 0.1) is 12.3 Å². The molecular weight excluding hydrogens is 320 g/mol. The highest BCUT2D eigenvalue weighted by Crippen LogP contribution is 2.18. The Balaban J connectivity index is 2.50. The third-order valence-corrected chi connectivity index (χ3v) is 4.99. The van der Waals surface area contributed by atoms with Crippen molar-refractivity contribution in [3.8, 4) is 12.3 Å². The summed E-state index contributed by atoms with van der Waals surface area (Å²) in [6.07, 6.45) is 5.10. The van der Waals surface area contributed by atoms with Crippen molar-refractivity contribution in [2.45, 2.75) is 45.3 Å². The number of sulfone groups is 1. The molecule has 0 radical (unpaired) electrons. The second-order valence-corrected chi connectivity index (χ2v) is 8.69. The average molecular weight is 344 g/mol. The highest BCUT2D eigenvalue weighted by Gasteiger charge is 2.34. The van der Waals surface area contributed by atoms with E-state index in [1.54, 1.807) is 20.8 Å². The molecule has 2 amide bonds. The number of amides is 2. The summed E-state index contributed by atoms with van der Waals surface area (Å²) in [7, 11) is -3.10. The minimum atomic E-state index is -3.10. The van der Waals surface area contributed by atoms with Crippen LogP contribution in [-0.2, 0) is 19.4 Å². The van der Waals surface area contributed by atoms with Gasteiger partial charge in [-0.3, -0.25) is 4.79 Å². The number of ether oxygens (including phenoxy) is 1. The van der Waals surface area contributed by atoms with Crippen LogP contribution < -0.4 is 5.32 Å². The maximum atomic E-state index is 12.2. The molecule has 8 heteroatoms. The fraction of sp³-hybridized carbons (Fsp3) is 0.733. The van der Waals surface area contributed by atoms with E-state index in [4.69, 9.17) is 11.2 Å². The van der Waals surface area contributed by atoms with Crippen molar-refractivity contribution in [2.75, 3.05) is 24.6 Å². The molecule has 0 unspecified atom stereocenters. The summed E-state index contributed by atoms with van der Waals surface area (Å²) in [5.74, 6) is 2.12. The monoisotopic (exact) mass is 344 g/mol. The van der Waals surface area contributed by atoms with Crippen LogP contribution in [0.4, 0.5) is 4.79 Å². The van der Waals surface area contributed by atoms with E-state index in [2.05, 4.69) is 11.2 Å². The predicted octanol–water partition coefficient (Wildman–Crippen LogP) is 0.550. The van der Waals surface area contributed by atoms with E-state index >= 15 is 0 Å². The fourth-order valence-electron chi connectivity index (χ4n) is 2.27. The molecular formula is C15H24N2O5S. The standard InChI is InChI=1S/C15H24N2O5S/c1-5-9-17(12-7-10-23(20,21)11-12)13(18)6-8-16-14(19)22-15(2,3)4/h1,12H,6-11H2,2-4H3,(H,16,19)/t12-/m0/s1. The summed E-state index contributed by atoms with van der Waals surface area (Å²) in [6, 6.07) is -0.384. The topological polar surface area (TPSA) is 92.8 Å². The Hall–Kier alpha value is -1.75. The normalized spacial score (nSPS) is 19.7. The Morgan fingerprint density at radius 2 is 2.04 bits per heavy atom. The highest BCUT2D eigenvalue weighted by atomic mass is 32.2. The van der Waals surface area contributed by atoms with E-state index < -0.39 is 21.5 Å². The van der Waals surface area contributed by atoms with Gasteiger partial charge in [-0.1, -0.05) is 5.92 Å². The van der Waals surface area contributed by atoms with E-state index in [1.807, 2.05) is 0 Å². The van der Waals surface area contributed by atoms with Crippen LogP contribution in [0.2, 0.25) is 0 Å². The van der Waals surface area contributed by atoms with Gasteiger partial charge in [0, 0.05) is 19.0 Å². The lowest BCUT2D eigenvalue weighted by Crippen LogP contribution is -2.43. The molecule has 1 aliphatic rings. The molecule has 1 aliphatic heterocycles. The molecule has 0 spiro atoms. The van der Waals surface area contributed by atoms with Crippen LogP contribution >= 0.6 is 0 Å². The Kier molecular flexibility index (Phi) is 6.45. The summed E-state index contributed by atoms with van der Waals surface area (Å²) >= 11 is 0. The van der Waals surface area contributed by atoms with Crippen molar-refractivity contribution in [1.29, 1.82) is 0 Å². The van der Waals surface area contributed by atoms with E-state index in [0.29, 0.717) is 6.42 Å². The third kappa shape index (κ3) is 6.91. The number of terminal acetylenes is 1. The number of alkyl carbamates (subject to hydrolysis) is 1. The molecule has 1 fully saturated rings.